The zero-order chi connectivity index (χ0) is 24.1. The van der Waals surface area contributed by atoms with Crippen molar-refractivity contribution in [1.82, 2.24) is 4.98 Å². The molecule has 0 aliphatic carbocycles. The Bertz CT molecular complexity index is 1290. The Morgan fingerprint density at radius 2 is 1.71 bits per heavy atom. The van der Waals surface area contributed by atoms with Crippen molar-refractivity contribution >= 4 is 28.6 Å². The topological polar surface area (TPSA) is 86.3 Å². The van der Waals surface area contributed by atoms with Crippen molar-refractivity contribution < 1.29 is 14.1 Å². The minimum absolute atomic E-state index is 0.286. The number of benzene rings is 3. The average Bonchev–Trinajstić information content (AvgIpc) is 2.86. The SMILES string of the molecule is COc1ccc(NC(=O)c2ccncc2-c2ccccc2)cc1[S+]([O-])Nc1c(C)cccc1C. The lowest BCUT2D eigenvalue weighted by Gasteiger charge is -2.18. The van der Waals surface area contributed by atoms with E-state index in [9.17, 15) is 9.35 Å². The number of nitrogens with one attached hydrogen (secondary N) is 2. The van der Waals surface area contributed by atoms with Crippen LogP contribution in [0, 0.1) is 13.8 Å². The number of carbonyl (C=O) groups is 1. The number of aryl methyl sites for hydroxylation is 2. The van der Waals surface area contributed by atoms with E-state index in [-0.39, 0.29) is 5.91 Å². The molecular weight excluding hydrogens is 446 g/mol. The third-order valence-electron chi connectivity index (χ3n) is 5.45. The number of anilines is 2. The lowest BCUT2D eigenvalue weighted by molar-refractivity contribution is 0.102. The summed E-state index contributed by atoms with van der Waals surface area (Å²) in [6.45, 7) is 3.92. The quantitative estimate of drug-likeness (QED) is 0.335. The molecule has 1 heterocycles. The molecule has 172 valence electrons. The Balaban J connectivity index is 1.61. The van der Waals surface area contributed by atoms with Crippen LogP contribution in [-0.2, 0) is 11.4 Å². The Morgan fingerprint density at radius 3 is 2.41 bits per heavy atom. The van der Waals surface area contributed by atoms with Crippen molar-refractivity contribution in [2.24, 2.45) is 0 Å². The maximum atomic E-state index is 13.2. The maximum Gasteiger partial charge on any atom is 0.256 e. The van der Waals surface area contributed by atoms with E-state index >= 15 is 0 Å². The van der Waals surface area contributed by atoms with E-state index in [0.717, 1.165) is 27.9 Å². The molecule has 0 aliphatic rings. The number of pyridine rings is 1. The number of hydrogen-bond donors (Lipinski definition) is 2. The van der Waals surface area contributed by atoms with Crippen LogP contribution in [-0.4, -0.2) is 22.6 Å². The van der Waals surface area contributed by atoms with E-state index in [1.165, 1.54) is 7.11 Å². The molecule has 7 heteroatoms. The molecule has 4 aromatic rings. The number of aromatic nitrogens is 1. The fourth-order valence-electron chi connectivity index (χ4n) is 3.66. The van der Waals surface area contributed by atoms with Gasteiger partial charge in [0.1, 0.15) is 11.4 Å². The first-order chi connectivity index (χ1) is 16.5. The molecule has 4 rings (SSSR count). The van der Waals surface area contributed by atoms with Crippen LogP contribution in [0.4, 0.5) is 11.4 Å². The van der Waals surface area contributed by atoms with Crippen molar-refractivity contribution in [3.05, 3.63) is 102 Å². The van der Waals surface area contributed by atoms with Gasteiger partial charge in [-0.05, 0) is 48.7 Å². The summed E-state index contributed by atoms with van der Waals surface area (Å²) in [5.74, 6) is 0.176. The number of methoxy groups -OCH3 is 1. The van der Waals surface area contributed by atoms with Crippen LogP contribution in [0.25, 0.3) is 11.1 Å². The van der Waals surface area contributed by atoms with E-state index in [1.54, 1.807) is 36.7 Å². The molecule has 1 amide bonds. The second kappa shape index (κ2) is 10.4. The van der Waals surface area contributed by atoms with E-state index in [1.807, 2.05) is 62.4 Å². The van der Waals surface area contributed by atoms with Crippen LogP contribution < -0.4 is 14.8 Å². The minimum atomic E-state index is -1.61. The Hall–Kier alpha value is -3.81. The summed E-state index contributed by atoms with van der Waals surface area (Å²) in [7, 11) is 1.52. The average molecular weight is 472 g/mol. The largest absolute Gasteiger partial charge is 0.588 e. The maximum absolute atomic E-state index is 13.2. The highest BCUT2D eigenvalue weighted by Crippen LogP contribution is 2.31. The number of para-hydroxylation sites is 1. The summed E-state index contributed by atoms with van der Waals surface area (Å²) in [5.41, 5.74) is 5.42. The predicted octanol–water partition coefficient (Wildman–Crippen LogP) is 5.76. The number of rotatable bonds is 7. The van der Waals surface area contributed by atoms with Crippen molar-refractivity contribution in [3.8, 4) is 16.9 Å². The van der Waals surface area contributed by atoms with Gasteiger partial charge in [-0.15, -0.1) is 0 Å². The van der Waals surface area contributed by atoms with Crippen LogP contribution in [0.1, 0.15) is 21.5 Å². The highest BCUT2D eigenvalue weighted by atomic mass is 32.2. The standard InChI is InChI=1S/C27H25N3O3S/c1-18-8-7-9-19(2)26(18)30-34(32)25-16-21(12-13-24(25)33-3)29-27(31)22-14-15-28-17-23(22)20-10-5-4-6-11-20/h4-17,30H,1-3H3,(H,29,31). The molecule has 2 N–H and O–H groups in total. The van der Waals surface area contributed by atoms with Gasteiger partial charge in [-0.1, -0.05) is 48.5 Å². The molecule has 6 nitrogen and oxygen atoms in total. The third-order valence-corrected chi connectivity index (χ3v) is 6.56. The lowest BCUT2D eigenvalue weighted by Crippen LogP contribution is -2.17. The summed E-state index contributed by atoms with van der Waals surface area (Å²) in [4.78, 5) is 17.8. The first-order valence-corrected chi connectivity index (χ1v) is 11.9. The molecule has 0 saturated heterocycles. The highest BCUT2D eigenvalue weighted by molar-refractivity contribution is 7.92. The highest BCUT2D eigenvalue weighted by Gasteiger charge is 2.22. The minimum Gasteiger partial charge on any atom is -0.588 e. The Labute approximate surface area is 202 Å². The number of ether oxygens (including phenoxy) is 1. The van der Waals surface area contributed by atoms with Gasteiger partial charge in [0, 0.05) is 29.7 Å². The molecule has 0 radical (unpaired) electrons. The molecule has 0 fully saturated rings. The summed E-state index contributed by atoms with van der Waals surface area (Å²) in [6, 6.07) is 22.3. The molecule has 0 bridgehead atoms. The van der Waals surface area contributed by atoms with Crippen LogP contribution >= 0.6 is 0 Å². The van der Waals surface area contributed by atoms with Crippen molar-refractivity contribution in [2.75, 3.05) is 17.1 Å². The second-order valence-corrected chi connectivity index (χ2v) is 8.93. The predicted molar refractivity (Wildman–Crippen MR) is 137 cm³/mol. The first-order valence-electron chi connectivity index (χ1n) is 10.7. The molecule has 1 unspecified atom stereocenters. The van der Waals surface area contributed by atoms with Crippen molar-refractivity contribution in [2.45, 2.75) is 18.7 Å². The molecular formula is C27H25N3O3S. The number of nitrogens with zero attached hydrogens (tertiary/aromatic N) is 1. The first kappa shape index (κ1) is 23.4. The summed E-state index contributed by atoms with van der Waals surface area (Å²) in [6.07, 6.45) is 3.26. The summed E-state index contributed by atoms with van der Waals surface area (Å²) in [5, 5.41) is 2.92. The van der Waals surface area contributed by atoms with Gasteiger partial charge < -0.3 is 14.6 Å². The molecule has 0 spiro atoms. The van der Waals surface area contributed by atoms with Gasteiger partial charge in [0.15, 0.2) is 5.75 Å². The Kier molecular flexibility index (Phi) is 7.15. The molecule has 1 atom stereocenters. The fraction of sp³-hybridized carbons (Fsp3) is 0.111. The number of amides is 1. The van der Waals surface area contributed by atoms with E-state index < -0.39 is 11.4 Å². The molecule has 1 aromatic heterocycles. The van der Waals surface area contributed by atoms with Gasteiger partial charge in [-0.25, -0.2) is 4.72 Å². The zero-order valence-electron chi connectivity index (χ0n) is 19.2. The van der Waals surface area contributed by atoms with E-state index in [0.29, 0.717) is 21.9 Å². The molecule has 3 aromatic carbocycles. The van der Waals surface area contributed by atoms with Gasteiger partial charge in [-0.2, -0.15) is 0 Å². The molecule has 0 aliphatic heterocycles. The van der Waals surface area contributed by atoms with E-state index in [4.69, 9.17) is 4.74 Å². The van der Waals surface area contributed by atoms with Crippen LogP contribution in [0.2, 0.25) is 0 Å². The van der Waals surface area contributed by atoms with Gasteiger partial charge in [0.05, 0.1) is 18.4 Å². The second-order valence-electron chi connectivity index (χ2n) is 7.74. The van der Waals surface area contributed by atoms with Crippen LogP contribution in [0.5, 0.6) is 5.75 Å². The summed E-state index contributed by atoms with van der Waals surface area (Å²) >= 11 is -1.61. The van der Waals surface area contributed by atoms with E-state index in [2.05, 4.69) is 15.0 Å². The van der Waals surface area contributed by atoms with Gasteiger partial charge in [0.2, 0.25) is 4.90 Å². The number of hydrogen-bond acceptors (Lipinski definition) is 5. The lowest BCUT2D eigenvalue weighted by atomic mass is 10.0. The smallest absolute Gasteiger partial charge is 0.256 e. The van der Waals surface area contributed by atoms with Crippen molar-refractivity contribution in [1.29, 1.82) is 0 Å². The molecule has 0 saturated carbocycles. The Morgan fingerprint density at radius 1 is 0.971 bits per heavy atom. The van der Waals surface area contributed by atoms with Gasteiger partial charge in [-0.3, -0.25) is 9.78 Å². The van der Waals surface area contributed by atoms with Crippen molar-refractivity contribution in [3.63, 3.8) is 0 Å². The van der Waals surface area contributed by atoms with Gasteiger partial charge in [0.25, 0.3) is 5.91 Å². The monoisotopic (exact) mass is 471 g/mol. The zero-order valence-corrected chi connectivity index (χ0v) is 20.0. The fourth-order valence-corrected chi connectivity index (χ4v) is 4.85. The normalized spacial score (nSPS) is 11.5. The van der Waals surface area contributed by atoms with Crippen LogP contribution in [0.3, 0.4) is 0 Å². The van der Waals surface area contributed by atoms with Gasteiger partial charge >= 0.3 is 0 Å². The number of carbonyl (C=O) groups excluding carboxylic acids is 1. The molecule has 34 heavy (non-hydrogen) atoms. The third kappa shape index (κ3) is 5.06. The van der Waals surface area contributed by atoms with Crippen LogP contribution in [0.15, 0.2) is 90.1 Å². The summed E-state index contributed by atoms with van der Waals surface area (Å²) < 4.78 is 21.8.